The van der Waals surface area contributed by atoms with Gasteiger partial charge in [-0.15, -0.1) is 0 Å². The van der Waals surface area contributed by atoms with Gasteiger partial charge in [-0.2, -0.15) is 0 Å². The molecule has 1 aliphatic heterocycles. The summed E-state index contributed by atoms with van der Waals surface area (Å²) in [5.41, 5.74) is 0.800. The van der Waals surface area contributed by atoms with Gasteiger partial charge in [-0.1, -0.05) is 27.7 Å². The third-order valence-corrected chi connectivity index (χ3v) is 4.83. The van der Waals surface area contributed by atoms with Crippen LogP contribution in [0.15, 0.2) is 0 Å². The van der Waals surface area contributed by atoms with Crippen LogP contribution in [0.3, 0.4) is 0 Å². The summed E-state index contributed by atoms with van der Waals surface area (Å²) in [6.07, 6.45) is 4.16. The molecule has 0 aromatic rings. The van der Waals surface area contributed by atoms with Gasteiger partial charge < -0.3 is 5.32 Å². The van der Waals surface area contributed by atoms with Crippen LogP contribution < -0.4 is 5.32 Å². The van der Waals surface area contributed by atoms with Crippen molar-refractivity contribution < 1.29 is 0 Å². The van der Waals surface area contributed by atoms with E-state index in [2.05, 4.69) is 44.8 Å². The van der Waals surface area contributed by atoms with Crippen molar-refractivity contribution in [3.8, 4) is 0 Å². The summed E-state index contributed by atoms with van der Waals surface area (Å²) in [4.78, 5) is 2.77. The molecule has 0 amide bonds. The Hall–Kier alpha value is -0.0800. The van der Waals surface area contributed by atoms with E-state index in [1.54, 1.807) is 0 Å². The molecule has 1 aliphatic carbocycles. The molecule has 2 unspecified atom stereocenters. The average molecular weight is 238 g/mol. The SMILES string of the molecule is CCCN1CC(C(C)(C)C)NCC1(C)C1CC1. The molecule has 2 aliphatic rings. The van der Waals surface area contributed by atoms with Gasteiger partial charge >= 0.3 is 0 Å². The molecule has 1 heterocycles. The summed E-state index contributed by atoms with van der Waals surface area (Å²) >= 11 is 0. The fraction of sp³-hybridized carbons (Fsp3) is 1.00. The number of nitrogens with one attached hydrogen (secondary N) is 1. The molecule has 1 N–H and O–H groups in total. The predicted molar refractivity (Wildman–Crippen MR) is 74.2 cm³/mol. The highest BCUT2D eigenvalue weighted by Gasteiger charge is 2.49. The maximum atomic E-state index is 3.82. The number of piperazine rings is 1. The molecule has 0 radical (unpaired) electrons. The Bertz CT molecular complexity index is 265. The smallest absolute Gasteiger partial charge is 0.0334 e. The molecule has 100 valence electrons. The van der Waals surface area contributed by atoms with Gasteiger partial charge in [-0.25, -0.2) is 0 Å². The van der Waals surface area contributed by atoms with Gasteiger partial charge in [0.05, 0.1) is 0 Å². The first kappa shape index (κ1) is 13.4. The molecule has 17 heavy (non-hydrogen) atoms. The minimum Gasteiger partial charge on any atom is -0.310 e. The number of hydrogen-bond acceptors (Lipinski definition) is 2. The van der Waals surface area contributed by atoms with Gasteiger partial charge in [0.2, 0.25) is 0 Å². The monoisotopic (exact) mass is 238 g/mol. The first-order valence-electron chi connectivity index (χ1n) is 7.36. The second-order valence-electron chi connectivity index (χ2n) is 7.38. The van der Waals surface area contributed by atoms with Crippen LogP contribution in [0.5, 0.6) is 0 Å². The van der Waals surface area contributed by atoms with Crippen molar-refractivity contribution in [3.63, 3.8) is 0 Å². The second kappa shape index (κ2) is 4.55. The fourth-order valence-corrected chi connectivity index (χ4v) is 3.24. The third-order valence-electron chi connectivity index (χ3n) is 4.83. The molecule has 0 aromatic heterocycles. The van der Waals surface area contributed by atoms with Crippen LogP contribution in [-0.2, 0) is 0 Å². The van der Waals surface area contributed by atoms with Gasteiger partial charge in [-0.05, 0) is 44.1 Å². The lowest BCUT2D eigenvalue weighted by atomic mass is 9.81. The lowest BCUT2D eigenvalue weighted by Crippen LogP contribution is -2.66. The van der Waals surface area contributed by atoms with E-state index in [9.17, 15) is 0 Å². The summed E-state index contributed by atoms with van der Waals surface area (Å²) in [5, 5.41) is 3.82. The molecule has 2 heteroatoms. The van der Waals surface area contributed by atoms with Crippen LogP contribution in [-0.4, -0.2) is 36.1 Å². The number of hydrogen-bond donors (Lipinski definition) is 1. The predicted octanol–water partition coefficient (Wildman–Crippen LogP) is 2.89. The summed E-state index contributed by atoms with van der Waals surface area (Å²) in [7, 11) is 0. The lowest BCUT2D eigenvalue weighted by Gasteiger charge is -2.51. The van der Waals surface area contributed by atoms with Gasteiger partial charge in [0, 0.05) is 24.7 Å². The summed E-state index contributed by atoms with van der Waals surface area (Å²) in [6, 6.07) is 0.640. The van der Waals surface area contributed by atoms with Crippen molar-refractivity contribution >= 4 is 0 Å². The molecule has 2 atom stereocenters. The Balaban J connectivity index is 2.07. The molecule has 0 spiro atoms. The maximum Gasteiger partial charge on any atom is 0.0334 e. The van der Waals surface area contributed by atoms with Crippen LogP contribution in [0.25, 0.3) is 0 Å². The van der Waals surface area contributed by atoms with E-state index < -0.39 is 0 Å². The molecule has 0 aromatic carbocycles. The minimum atomic E-state index is 0.372. The highest BCUT2D eigenvalue weighted by molar-refractivity contribution is 5.06. The molecule has 1 saturated heterocycles. The molecule has 2 rings (SSSR count). The van der Waals surface area contributed by atoms with E-state index in [0.29, 0.717) is 17.0 Å². The van der Waals surface area contributed by atoms with Crippen LogP contribution in [0.4, 0.5) is 0 Å². The second-order valence-corrected chi connectivity index (χ2v) is 7.38. The Morgan fingerprint density at radius 1 is 1.29 bits per heavy atom. The molecule has 1 saturated carbocycles. The Labute approximate surface area is 107 Å². The Morgan fingerprint density at radius 2 is 1.94 bits per heavy atom. The summed E-state index contributed by atoms with van der Waals surface area (Å²) < 4.78 is 0. The lowest BCUT2D eigenvalue weighted by molar-refractivity contribution is 0.0107. The Kier molecular flexibility index (Phi) is 3.57. The highest BCUT2D eigenvalue weighted by atomic mass is 15.3. The summed E-state index contributed by atoms with van der Waals surface area (Å²) in [6.45, 7) is 15.5. The van der Waals surface area contributed by atoms with Crippen LogP contribution in [0.2, 0.25) is 0 Å². The van der Waals surface area contributed by atoms with E-state index in [0.717, 1.165) is 5.92 Å². The normalized spacial score (nSPS) is 36.2. The van der Waals surface area contributed by atoms with Gasteiger partial charge in [0.25, 0.3) is 0 Å². The minimum absolute atomic E-state index is 0.372. The first-order valence-corrected chi connectivity index (χ1v) is 7.36. The van der Waals surface area contributed by atoms with Crippen molar-refractivity contribution in [2.24, 2.45) is 11.3 Å². The van der Waals surface area contributed by atoms with E-state index in [1.807, 2.05) is 0 Å². The Morgan fingerprint density at radius 3 is 2.41 bits per heavy atom. The largest absolute Gasteiger partial charge is 0.310 e. The van der Waals surface area contributed by atoms with Gasteiger partial charge in [0.1, 0.15) is 0 Å². The van der Waals surface area contributed by atoms with Crippen molar-refractivity contribution in [1.82, 2.24) is 10.2 Å². The zero-order valence-electron chi connectivity index (χ0n) is 12.3. The molecule has 0 bridgehead atoms. The van der Waals surface area contributed by atoms with Crippen molar-refractivity contribution in [2.45, 2.75) is 65.5 Å². The van der Waals surface area contributed by atoms with E-state index in [-0.39, 0.29) is 0 Å². The third kappa shape index (κ3) is 2.68. The zero-order valence-corrected chi connectivity index (χ0v) is 12.3. The molecular formula is C15H30N2. The highest BCUT2D eigenvalue weighted by Crippen LogP contribution is 2.44. The van der Waals surface area contributed by atoms with E-state index in [1.165, 1.54) is 38.9 Å². The van der Waals surface area contributed by atoms with Crippen molar-refractivity contribution in [3.05, 3.63) is 0 Å². The fourth-order valence-electron chi connectivity index (χ4n) is 3.24. The molecule has 2 nitrogen and oxygen atoms in total. The average Bonchev–Trinajstić information content (AvgIpc) is 3.03. The molecule has 2 fully saturated rings. The van der Waals surface area contributed by atoms with Crippen molar-refractivity contribution in [1.29, 1.82) is 0 Å². The standard InChI is InChI=1S/C15H30N2/c1-6-9-17-10-13(14(2,3)4)16-11-15(17,5)12-7-8-12/h12-13,16H,6-11H2,1-5H3. The number of rotatable bonds is 3. The topological polar surface area (TPSA) is 15.3 Å². The summed E-state index contributed by atoms with van der Waals surface area (Å²) in [5.74, 6) is 0.947. The molecular weight excluding hydrogens is 208 g/mol. The first-order chi connectivity index (χ1) is 7.88. The van der Waals surface area contributed by atoms with Gasteiger partial charge in [-0.3, -0.25) is 4.90 Å². The quantitative estimate of drug-likeness (QED) is 0.813. The van der Waals surface area contributed by atoms with Crippen LogP contribution in [0.1, 0.15) is 53.9 Å². The maximum absolute atomic E-state index is 3.82. The van der Waals surface area contributed by atoms with Gasteiger partial charge in [0.15, 0.2) is 0 Å². The van der Waals surface area contributed by atoms with Crippen LogP contribution in [0, 0.1) is 11.3 Å². The van der Waals surface area contributed by atoms with E-state index >= 15 is 0 Å². The van der Waals surface area contributed by atoms with E-state index in [4.69, 9.17) is 0 Å². The van der Waals surface area contributed by atoms with Crippen molar-refractivity contribution in [2.75, 3.05) is 19.6 Å². The number of nitrogens with zero attached hydrogens (tertiary/aromatic N) is 1. The van der Waals surface area contributed by atoms with Crippen LogP contribution >= 0.6 is 0 Å². The zero-order chi connectivity index (χ0) is 12.7.